The lowest BCUT2D eigenvalue weighted by molar-refractivity contribution is -0.180. The Hall–Kier alpha value is -0.650. The van der Waals surface area contributed by atoms with Gasteiger partial charge in [0.2, 0.25) is 0 Å². The highest BCUT2D eigenvalue weighted by molar-refractivity contribution is 5.81. The van der Waals surface area contributed by atoms with Crippen LogP contribution in [0, 0.1) is 0 Å². The predicted octanol–water partition coefficient (Wildman–Crippen LogP) is 1.56. The lowest BCUT2D eigenvalue weighted by atomic mass is 9.77. The summed E-state index contributed by atoms with van der Waals surface area (Å²) in [6, 6.07) is 0. The van der Waals surface area contributed by atoms with Crippen LogP contribution in [-0.4, -0.2) is 61.4 Å². The van der Waals surface area contributed by atoms with Crippen LogP contribution < -0.4 is 5.32 Å². The van der Waals surface area contributed by atoms with Crippen LogP contribution in [0.25, 0.3) is 0 Å². The van der Waals surface area contributed by atoms with Gasteiger partial charge >= 0.3 is 5.97 Å². The zero-order valence-electron chi connectivity index (χ0n) is 13.7. The third-order valence-electron chi connectivity index (χ3n) is 4.98. The first-order valence-corrected chi connectivity index (χ1v) is 8.33. The largest absolute Gasteiger partial charge is 0.465 e. The normalized spacial score (nSPS) is 35.2. The summed E-state index contributed by atoms with van der Waals surface area (Å²) < 4.78 is 11.4. The molecule has 2 saturated heterocycles. The first-order valence-electron chi connectivity index (χ1n) is 8.33. The quantitative estimate of drug-likeness (QED) is 0.798. The Morgan fingerprint density at radius 1 is 1.33 bits per heavy atom. The molecule has 0 amide bonds. The number of carbonyl (C=O) groups excluding carboxylic acids is 1. The van der Waals surface area contributed by atoms with E-state index in [1.54, 1.807) is 0 Å². The van der Waals surface area contributed by atoms with Gasteiger partial charge < -0.3 is 14.8 Å². The van der Waals surface area contributed by atoms with Crippen LogP contribution in [0.4, 0.5) is 0 Å². The molecule has 0 radical (unpaired) electrons. The minimum atomic E-state index is -0.509. The topological polar surface area (TPSA) is 50.8 Å². The summed E-state index contributed by atoms with van der Waals surface area (Å²) in [7, 11) is 0. The van der Waals surface area contributed by atoms with E-state index < -0.39 is 5.54 Å². The fourth-order valence-corrected chi connectivity index (χ4v) is 3.56. The Kier molecular flexibility index (Phi) is 5.63. The van der Waals surface area contributed by atoms with Gasteiger partial charge in [-0.25, -0.2) is 0 Å². The minimum absolute atomic E-state index is 0.0603. The Bertz CT molecular complexity index is 355. The van der Waals surface area contributed by atoms with E-state index in [9.17, 15) is 4.79 Å². The van der Waals surface area contributed by atoms with E-state index in [0.717, 1.165) is 51.9 Å². The maximum Gasteiger partial charge on any atom is 0.326 e. The Balaban J connectivity index is 2.26. The zero-order chi connectivity index (χ0) is 15.3. The molecule has 2 rings (SSSR count). The highest BCUT2D eigenvalue weighted by Gasteiger charge is 2.52. The van der Waals surface area contributed by atoms with Crippen molar-refractivity contribution in [2.24, 2.45) is 0 Å². The van der Waals surface area contributed by atoms with Crippen molar-refractivity contribution in [1.29, 1.82) is 0 Å². The van der Waals surface area contributed by atoms with Gasteiger partial charge in [0.15, 0.2) is 0 Å². The van der Waals surface area contributed by atoms with Crippen LogP contribution in [0.5, 0.6) is 0 Å². The lowest BCUT2D eigenvalue weighted by Gasteiger charge is -2.49. The highest BCUT2D eigenvalue weighted by Crippen LogP contribution is 2.39. The van der Waals surface area contributed by atoms with Crippen molar-refractivity contribution in [3.8, 4) is 0 Å². The fourth-order valence-electron chi connectivity index (χ4n) is 3.56. The molecule has 0 bridgehead atoms. The average Bonchev–Trinajstić information content (AvgIpc) is 2.77. The van der Waals surface area contributed by atoms with Gasteiger partial charge in [-0.05, 0) is 39.7 Å². The molecule has 0 spiro atoms. The molecule has 2 aliphatic rings. The van der Waals surface area contributed by atoms with Gasteiger partial charge in [0.25, 0.3) is 0 Å². The van der Waals surface area contributed by atoms with Crippen LogP contribution in [0.1, 0.15) is 46.5 Å². The Morgan fingerprint density at radius 3 is 2.86 bits per heavy atom. The third-order valence-corrected chi connectivity index (χ3v) is 4.98. The molecule has 5 heteroatoms. The van der Waals surface area contributed by atoms with Gasteiger partial charge in [0, 0.05) is 32.7 Å². The Labute approximate surface area is 128 Å². The molecule has 122 valence electrons. The van der Waals surface area contributed by atoms with Crippen LogP contribution in [0.2, 0.25) is 0 Å². The maximum atomic E-state index is 12.8. The molecule has 21 heavy (non-hydrogen) atoms. The fraction of sp³-hybridized carbons (Fsp3) is 0.938. The highest BCUT2D eigenvalue weighted by atomic mass is 16.5. The van der Waals surface area contributed by atoms with Crippen LogP contribution in [-0.2, 0) is 14.3 Å². The van der Waals surface area contributed by atoms with Crippen molar-refractivity contribution in [2.75, 3.05) is 39.4 Å². The molecule has 2 heterocycles. The van der Waals surface area contributed by atoms with Crippen molar-refractivity contribution < 1.29 is 14.3 Å². The van der Waals surface area contributed by atoms with Crippen molar-refractivity contribution in [2.45, 2.75) is 57.6 Å². The first-order chi connectivity index (χ1) is 10.1. The summed E-state index contributed by atoms with van der Waals surface area (Å²) in [5.41, 5.74) is -0.740. The van der Waals surface area contributed by atoms with Crippen LogP contribution in [0.15, 0.2) is 0 Å². The predicted molar refractivity (Wildman–Crippen MR) is 82.3 cm³/mol. The van der Waals surface area contributed by atoms with Gasteiger partial charge in [0.1, 0.15) is 5.54 Å². The van der Waals surface area contributed by atoms with E-state index in [1.165, 1.54) is 0 Å². The van der Waals surface area contributed by atoms with E-state index in [0.29, 0.717) is 13.2 Å². The summed E-state index contributed by atoms with van der Waals surface area (Å²) in [5, 5.41) is 3.41. The number of hydrogen-bond donors (Lipinski definition) is 1. The van der Waals surface area contributed by atoms with Crippen molar-refractivity contribution in [3.05, 3.63) is 0 Å². The van der Waals surface area contributed by atoms with E-state index in [4.69, 9.17) is 9.47 Å². The minimum Gasteiger partial charge on any atom is -0.465 e. The van der Waals surface area contributed by atoms with Crippen LogP contribution >= 0.6 is 0 Å². The van der Waals surface area contributed by atoms with Crippen LogP contribution in [0.3, 0.4) is 0 Å². The molecule has 2 atom stereocenters. The molecule has 2 unspecified atom stereocenters. The Morgan fingerprint density at radius 2 is 2.14 bits per heavy atom. The number of nitrogens with one attached hydrogen (secondary N) is 1. The smallest absolute Gasteiger partial charge is 0.326 e. The van der Waals surface area contributed by atoms with Gasteiger partial charge in [0.05, 0.1) is 12.2 Å². The van der Waals surface area contributed by atoms with Gasteiger partial charge in [-0.15, -0.1) is 0 Å². The van der Waals surface area contributed by atoms with Crippen molar-refractivity contribution in [1.82, 2.24) is 10.2 Å². The van der Waals surface area contributed by atoms with E-state index in [-0.39, 0.29) is 11.6 Å². The number of hydrogen-bond acceptors (Lipinski definition) is 5. The standard InChI is InChI=1S/C16H30N2O3/c1-4-15(3)13-16(7-12-21-15,14(19)20-5-2)18-10-6-8-17-9-11-18/h17H,4-13H2,1-3H3. The second-order valence-electron chi connectivity index (χ2n) is 6.42. The molecule has 0 aromatic heterocycles. The molecule has 2 aliphatic heterocycles. The van der Waals surface area contributed by atoms with Crippen molar-refractivity contribution >= 4 is 5.97 Å². The molecule has 0 aromatic rings. The summed E-state index contributed by atoms with van der Waals surface area (Å²) >= 11 is 0. The maximum absolute atomic E-state index is 12.8. The van der Waals surface area contributed by atoms with Gasteiger partial charge in [-0.3, -0.25) is 9.69 Å². The summed E-state index contributed by atoms with van der Waals surface area (Å²) in [6.45, 7) is 11.0. The number of rotatable bonds is 4. The number of esters is 1. The average molecular weight is 298 g/mol. The molecule has 2 fully saturated rings. The van der Waals surface area contributed by atoms with E-state index in [1.807, 2.05) is 6.92 Å². The monoisotopic (exact) mass is 298 g/mol. The summed E-state index contributed by atoms with van der Waals surface area (Å²) in [5.74, 6) is -0.0603. The molecule has 0 saturated carbocycles. The third kappa shape index (κ3) is 3.58. The molecule has 1 N–H and O–H groups in total. The number of nitrogens with zero attached hydrogens (tertiary/aromatic N) is 1. The second-order valence-corrected chi connectivity index (χ2v) is 6.42. The zero-order valence-corrected chi connectivity index (χ0v) is 13.7. The molecule has 0 aromatic carbocycles. The number of ether oxygens (including phenoxy) is 2. The second kappa shape index (κ2) is 7.07. The van der Waals surface area contributed by atoms with E-state index in [2.05, 4.69) is 24.1 Å². The first kappa shape index (κ1) is 16.7. The molecular weight excluding hydrogens is 268 g/mol. The molecule has 0 aliphatic carbocycles. The summed E-state index contributed by atoms with van der Waals surface area (Å²) in [4.78, 5) is 15.1. The molecular formula is C16H30N2O3. The van der Waals surface area contributed by atoms with E-state index >= 15 is 0 Å². The van der Waals surface area contributed by atoms with Crippen molar-refractivity contribution in [3.63, 3.8) is 0 Å². The summed E-state index contributed by atoms with van der Waals surface area (Å²) in [6.07, 6.45) is 3.46. The SMILES string of the molecule is CCOC(=O)C1(N2CCCNCC2)CCOC(C)(CC)C1. The van der Waals surface area contributed by atoms with Gasteiger partial charge in [-0.1, -0.05) is 6.92 Å². The lowest BCUT2D eigenvalue weighted by Crippen LogP contribution is -2.62. The molecule has 5 nitrogen and oxygen atoms in total. The number of carbonyl (C=O) groups is 1. The van der Waals surface area contributed by atoms with Gasteiger partial charge in [-0.2, -0.15) is 0 Å².